The Morgan fingerprint density at radius 3 is 2.28 bits per heavy atom. The number of azo groups is 1. The van der Waals surface area contributed by atoms with Gasteiger partial charge >= 0.3 is 0 Å². The lowest BCUT2D eigenvalue weighted by Crippen LogP contribution is -1.72. The van der Waals surface area contributed by atoms with E-state index in [1.54, 1.807) is 36.4 Å². The molecule has 0 saturated carbocycles. The van der Waals surface area contributed by atoms with Crippen LogP contribution in [0.5, 0.6) is 11.5 Å². The molecule has 0 aliphatic rings. The molecule has 2 aromatic carbocycles. The van der Waals surface area contributed by atoms with Gasteiger partial charge in [-0.25, -0.2) is 0 Å². The Labute approximate surface area is 105 Å². The highest BCUT2D eigenvalue weighted by molar-refractivity contribution is 5.60. The molecule has 0 bridgehead atoms. The van der Waals surface area contributed by atoms with E-state index in [1.165, 1.54) is 12.1 Å². The van der Waals surface area contributed by atoms with Crippen LogP contribution in [-0.2, 0) is 0 Å². The third kappa shape index (κ3) is 2.55. The Morgan fingerprint density at radius 1 is 0.889 bits per heavy atom. The van der Waals surface area contributed by atoms with Crippen LogP contribution in [0.15, 0.2) is 59.3 Å². The predicted molar refractivity (Wildman–Crippen MR) is 70.5 cm³/mol. The van der Waals surface area contributed by atoms with Crippen molar-refractivity contribution in [3.05, 3.63) is 54.6 Å². The van der Waals surface area contributed by atoms with E-state index in [0.29, 0.717) is 11.4 Å². The van der Waals surface area contributed by atoms with Gasteiger partial charge in [-0.2, -0.15) is 0 Å². The van der Waals surface area contributed by atoms with Gasteiger partial charge < -0.3 is 10.2 Å². The van der Waals surface area contributed by atoms with Crippen LogP contribution in [0.3, 0.4) is 0 Å². The molecule has 0 aliphatic heterocycles. The summed E-state index contributed by atoms with van der Waals surface area (Å²) in [6, 6.07) is 11.5. The van der Waals surface area contributed by atoms with Gasteiger partial charge in [-0.15, -0.1) is 10.2 Å². The number of nitrogens with zero attached hydrogens (tertiary/aromatic N) is 2. The monoisotopic (exact) mass is 240 g/mol. The number of phenolic OH excluding ortho intramolecular Hbond substituents is 2. The molecule has 0 radical (unpaired) electrons. The molecule has 2 rings (SSSR count). The van der Waals surface area contributed by atoms with Gasteiger partial charge in [-0.3, -0.25) is 0 Å². The fourth-order valence-electron chi connectivity index (χ4n) is 1.40. The maximum atomic E-state index is 9.63. The smallest absolute Gasteiger partial charge is 0.143 e. The van der Waals surface area contributed by atoms with E-state index in [9.17, 15) is 10.2 Å². The minimum Gasteiger partial charge on any atom is -0.506 e. The lowest BCUT2D eigenvalue weighted by molar-refractivity contribution is 0.474. The Hall–Kier alpha value is -2.62. The fraction of sp³-hybridized carbons (Fsp3) is 0. The molecule has 18 heavy (non-hydrogen) atoms. The van der Waals surface area contributed by atoms with Crippen molar-refractivity contribution in [3.8, 4) is 11.5 Å². The van der Waals surface area contributed by atoms with Crippen molar-refractivity contribution in [1.29, 1.82) is 0 Å². The lowest BCUT2D eigenvalue weighted by Gasteiger charge is -2.00. The largest absolute Gasteiger partial charge is 0.506 e. The summed E-state index contributed by atoms with van der Waals surface area (Å²) >= 11 is 0. The molecule has 0 amide bonds. The average Bonchev–Trinajstić information content (AvgIpc) is 2.39. The maximum Gasteiger partial charge on any atom is 0.143 e. The van der Waals surface area contributed by atoms with Crippen LogP contribution >= 0.6 is 0 Å². The zero-order chi connectivity index (χ0) is 13.0. The minimum atomic E-state index is 0.0276. The van der Waals surface area contributed by atoms with Crippen LogP contribution in [0, 0.1) is 0 Å². The average molecular weight is 240 g/mol. The number of phenols is 2. The summed E-state index contributed by atoms with van der Waals surface area (Å²) in [5.41, 5.74) is 1.51. The molecule has 4 nitrogen and oxygen atoms in total. The highest BCUT2D eigenvalue weighted by Crippen LogP contribution is 2.31. The van der Waals surface area contributed by atoms with E-state index >= 15 is 0 Å². The SMILES string of the molecule is C=Cc1ccc(O)c(/N=N/c2ccccc2O)c1. The number of hydrogen-bond acceptors (Lipinski definition) is 4. The van der Waals surface area contributed by atoms with Gasteiger partial charge in [0.2, 0.25) is 0 Å². The molecule has 0 aliphatic carbocycles. The topological polar surface area (TPSA) is 65.2 Å². The quantitative estimate of drug-likeness (QED) is 0.791. The van der Waals surface area contributed by atoms with Crippen molar-refractivity contribution in [2.24, 2.45) is 10.2 Å². The van der Waals surface area contributed by atoms with E-state index < -0.39 is 0 Å². The van der Waals surface area contributed by atoms with Crippen LogP contribution < -0.4 is 0 Å². The van der Waals surface area contributed by atoms with Crippen LogP contribution in [-0.4, -0.2) is 10.2 Å². The first-order valence-electron chi connectivity index (χ1n) is 5.36. The molecule has 0 atom stereocenters. The molecular formula is C14H12N2O2. The zero-order valence-corrected chi connectivity index (χ0v) is 9.61. The van der Waals surface area contributed by atoms with E-state index in [2.05, 4.69) is 16.8 Å². The van der Waals surface area contributed by atoms with Crippen molar-refractivity contribution in [2.75, 3.05) is 0 Å². The van der Waals surface area contributed by atoms with Gasteiger partial charge in [0.1, 0.15) is 22.9 Å². The number of para-hydroxylation sites is 1. The first-order valence-corrected chi connectivity index (χ1v) is 5.36. The molecule has 2 aromatic rings. The van der Waals surface area contributed by atoms with Crippen molar-refractivity contribution in [3.63, 3.8) is 0 Å². The second-order valence-corrected chi connectivity index (χ2v) is 3.64. The van der Waals surface area contributed by atoms with Gasteiger partial charge in [0, 0.05) is 0 Å². The molecular weight excluding hydrogens is 228 g/mol. The Kier molecular flexibility index (Phi) is 3.38. The zero-order valence-electron chi connectivity index (χ0n) is 9.61. The lowest BCUT2D eigenvalue weighted by atomic mass is 10.2. The number of benzene rings is 2. The van der Waals surface area contributed by atoms with Gasteiger partial charge in [0.15, 0.2) is 0 Å². The van der Waals surface area contributed by atoms with Crippen LogP contribution in [0.1, 0.15) is 5.56 Å². The van der Waals surface area contributed by atoms with E-state index in [4.69, 9.17) is 0 Å². The second kappa shape index (κ2) is 5.14. The van der Waals surface area contributed by atoms with Crippen molar-refractivity contribution >= 4 is 17.5 Å². The Morgan fingerprint density at radius 2 is 1.56 bits per heavy atom. The summed E-state index contributed by atoms with van der Waals surface area (Å²) in [4.78, 5) is 0. The molecule has 2 N–H and O–H groups in total. The van der Waals surface area contributed by atoms with Crippen molar-refractivity contribution < 1.29 is 10.2 Å². The number of rotatable bonds is 3. The van der Waals surface area contributed by atoms with Gasteiger partial charge in [0.05, 0.1) is 0 Å². The van der Waals surface area contributed by atoms with E-state index in [0.717, 1.165) is 5.56 Å². The van der Waals surface area contributed by atoms with Crippen LogP contribution in [0.4, 0.5) is 11.4 Å². The molecule has 90 valence electrons. The molecule has 0 fully saturated rings. The van der Waals surface area contributed by atoms with Crippen LogP contribution in [0.2, 0.25) is 0 Å². The molecule has 0 heterocycles. The summed E-state index contributed by atoms with van der Waals surface area (Å²) in [7, 11) is 0. The molecule has 0 unspecified atom stereocenters. The molecule has 4 heteroatoms. The fourth-order valence-corrected chi connectivity index (χ4v) is 1.40. The minimum absolute atomic E-state index is 0.0276. The number of hydrogen-bond donors (Lipinski definition) is 2. The second-order valence-electron chi connectivity index (χ2n) is 3.64. The maximum absolute atomic E-state index is 9.63. The van der Waals surface area contributed by atoms with Gasteiger partial charge in [0.25, 0.3) is 0 Å². The van der Waals surface area contributed by atoms with Crippen molar-refractivity contribution in [1.82, 2.24) is 0 Å². The number of aromatic hydroxyl groups is 2. The van der Waals surface area contributed by atoms with Gasteiger partial charge in [-0.05, 0) is 29.8 Å². The summed E-state index contributed by atoms with van der Waals surface area (Å²) in [5.74, 6) is 0.0698. The van der Waals surface area contributed by atoms with Crippen LogP contribution in [0.25, 0.3) is 6.08 Å². The van der Waals surface area contributed by atoms with E-state index in [-0.39, 0.29) is 11.5 Å². The van der Waals surface area contributed by atoms with E-state index in [1.807, 2.05) is 0 Å². The first-order chi connectivity index (χ1) is 8.70. The van der Waals surface area contributed by atoms with Gasteiger partial charge in [-0.1, -0.05) is 30.9 Å². The molecule has 0 saturated heterocycles. The highest BCUT2D eigenvalue weighted by Gasteiger charge is 2.01. The first kappa shape index (κ1) is 11.9. The Balaban J connectivity index is 2.34. The highest BCUT2D eigenvalue weighted by atomic mass is 16.3. The summed E-state index contributed by atoms with van der Waals surface area (Å²) in [5, 5.41) is 27.0. The summed E-state index contributed by atoms with van der Waals surface area (Å²) < 4.78 is 0. The molecule has 0 spiro atoms. The standard InChI is InChI=1S/C14H12N2O2/c1-2-10-7-8-14(18)12(9-10)16-15-11-5-3-4-6-13(11)17/h2-9,17-18H,1H2/b16-15+. The summed E-state index contributed by atoms with van der Waals surface area (Å²) in [6.45, 7) is 3.64. The molecule has 0 aromatic heterocycles. The summed E-state index contributed by atoms with van der Waals surface area (Å²) in [6.07, 6.45) is 1.65. The third-order valence-electron chi connectivity index (χ3n) is 2.38. The Bertz CT molecular complexity index is 606. The third-order valence-corrected chi connectivity index (χ3v) is 2.38. The predicted octanol–water partition coefficient (Wildman–Crippen LogP) is 4.16. The van der Waals surface area contributed by atoms with Crippen molar-refractivity contribution in [2.45, 2.75) is 0 Å². The normalized spacial score (nSPS) is 10.7.